The molecule has 5 heteroatoms. The Morgan fingerprint density at radius 2 is 1.79 bits per heavy atom. The minimum absolute atomic E-state index is 0.111. The Labute approximate surface area is 141 Å². The first-order valence-electron chi connectivity index (χ1n) is 7.93. The largest absolute Gasteiger partial charge is 0.384 e. The molecule has 2 aromatic rings. The molecule has 0 aromatic heterocycles. The van der Waals surface area contributed by atoms with E-state index in [0.29, 0.717) is 12.2 Å². The van der Waals surface area contributed by atoms with Crippen LogP contribution in [0.25, 0.3) is 0 Å². The number of carbonyl (C=O) groups excluding carboxylic acids is 1. The number of rotatable bonds is 7. The summed E-state index contributed by atoms with van der Waals surface area (Å²) in [5.41, 5.74) is 0.369. The molecule has 0 bridgehead atoms. The third kappa shape index (κ3) is 5.44. The molecule has 4 nitrogen and oxygen atoms in total. The van der Waals surface area contributed by atoms with Crippen LogP contribution in [-0.4, -0.2) is 23.6 Å². The Balaban J connectivity index is 1.81. The normalized spacial score (nSPS) is 14.7. The van der Waals surface area contributed by atoms with Crippen molar-refractivity contribution < 1.29 is 14.3 Å². The number of aliphatic hydroxyl groups is 1. The fourth-order valence-corrected chi connectivity index (χ4v) is 2.37. The number of nitrogens with one attached hydrogen (secondary N) is 2. The molecular formula is C19H23FN2O2. The monoisotopic (exact) mass is 330 g/mol. The van der Waals surface area contributed by atoms with Gasteiger partial charge in [0.15, 0.2) is 0 Å². The Morgan fingerprint density at radius 1 is 1.17 bits per heavy atom. The molecule has 0 aliphatic rings. The lowest BCUT2D eigenvalue weighted by Crippen LogP contribution is -2.41. The predicted octanol–water partition coefficient (Wildman–Crippen LogP) is 3.04. The lowest BCUT2D eigenvalue weighted by molar-refractivity contribution is -0.116. The molecule has 2 unspecified atom stereocenters. The van der Waals surface area contributed by atoms with Gasteiger partial charge in [0, 0.05) is 24.7 Å². The molecule has 1 amide bonds. The quantitative estimate of drug-likeness (QED) is 0.731. The van der Waals surface area contributed by atoms with Gasteiger partial charge in [-0.3, -0.25) is 4.79 Å². The molecule has 2 rings (SSSR count). The minimum Gasteiger partial charge on any atom is -0.384 e. The second kappa shape index (κ2) is 8.04. The molecule has 2 atom stereocenters. The fraction of sp³-hybridized carbons (Fsp3) is 0.316. The first-order chi connectivity index (χ1) is 11.4. The Hall–Kier alpha value is -2.24. The van der Waals surface area contributed by atoms with Crippen molar-refractivity contribution in [3.05, 3.63) is 66.0 Å². The van der Waals surface area contributed by atoms with E-state index in [1.807, 2.05) is 37.3 Å². The molecule has 0 fully saturated rings. The molecule has 0 heterocycles. The van der Waals surface area contributed by atoms with Crippen molar-refractivity contribution >= 4 is 11.6 Å². The molecule has 128 valence electrons. The van der Waals surface area contributed by atoms with Crippen LogP contribution in [0.1, 0.15) is 25.8 Å². The minimum atomic E-state index is -1.01. The third-order valence-corrected chi connectivity index (χ3v) is 3.81. The summed E-state index contributed by atoms with van der Waals surface area (Å²) in [6.45, 7) is 3.95. The molecule has 3 N–H and O–H groups in total. The van der Waals surface area contributed by atoms with Crippen LogP contribution in [0, 0.1) is 5.82 Å². The van der Waals surface area contributed by atoms with E-state index in [1.54, 1.807) is 6.92 Å². The van der Waals surface area contributed by atoms with Gasteiger partial charge in [0.25, 0.3) is 0 Å². The molecule has 0 saturated heterocycles. The highest BCUT2D eigenvalue weighted by Crippen LogP contribution is 2.19. The van der Waals surface area contributed by atoms with E-state index in [2.05, 4.69) is 10.6 Å². The lowest BCUT2D eigenvalue weighted by Gasteiger charge is -2.26. The van der Waals surface area contributed by atoms with Gasteiger partial charge in [-0.25, -0.2) is 4.39 Å². The number of hydrogen-bond acceptors (Lipinski definition) is 3. The van der Waals surface area contributed by atoms with Crippen molar-refractivity contribution in [2.75, 3.05) is 11.9 Å². The van der Waals surface area contributed by atoms with E-state index in [1.165, 1.54) is 24.3 Å². The van der Waals surface area contributed by atoms with Gasteiger partial charge in [-0.1, -0.05) is 30.3 Å². The summed E-state index contributed by atoms with van der Waals surface area (Å²) in [5, 5.41) is 16.4. The van der Waals surface area contributed by atoms with Crippen molar-refractivity contribution in [2.24, 2.45) is 0 Å². The summed E-state index contributed by atoms with van der Waals surface area (Å²) >= 11 is 0. The first-order valence-corrected chi connectivity index (χ1v) is 7.93. The zero-order valence-corrected chi connectivity index (χ0v) is 13.9. The van der Waals surface area contributed by atoms with E-state index in [-0.39, 0.29) is 24.2 Å². The highest BCUT2D eigenvalue weighted by Gasteiger charge is 2.23. The van der Waals surface area contributed by atoms with Gasteiger partial charge in [0.2, 0.25) is 5.91 Å². The summed E-state index contributed by atoms with van der Waals surface area (Å²) < 4.78 is 12.8. The molecule has 0 saturated carbocycles. The van der Waals surface area contributed by atoms with E-state index < -0.39 is 5.60 Å². The van der Waals surface area contributed by atoms with Crippen LogP contribution in [0.2, 0.25) is 0 Å². The number of anilines is 1. The van der Waals surface area contributed by atoms with Gasteiger partial charge >= 0.3 is 0 Å². The number of halogens is 1. The number of amides is 1. The second-order valence-electron chi connectivity index (χ2n) is 6.18. The molecule has 24 heavy (non-hydrogen) atoms. The lowest BCUT2D eigenvalue weighted by atomic mass is 9.96. The van der Waals surface area contributed by atoms with Gasteiger partial charge in [-0.2, -0.15) is 0 Å². The van der Waals surface area contributed by atoms with E-state index in [9.17, 15) is 14.3 Å². The predicted molar refractivity (Wildman–Crippen MR) is 93.1 cm³/mol. The maximum atomic E-state index is 12.8. The van der Waals surface area contributed by atoms with Crippen LogP contribution in [-0.2, 0) is 10.4 Å². The SMILES string of the molecule is CC(CC(=O)Nc1ccc(F)cc1)NCC(C)(O)c1ccccc1. The van der Waals surface area contributed by atoms with Crippen LogP contribution in [0.5, 0.6) is 0 Å². The second-order valence-corrected chi connectivity index (χ2v) is 6.18. The summed E-state index contributed by atoms with van der Waals surface area (Å²) in [5.74, 6) is -0.507. The highest BCUT2D eigenvalue weighted by atomic mass is 19.1. The van der Waals surface area contributed by atoms with E-state index in [4.69, 9.17) is 0 Å². The van der Waals surface area contributed by atoms with Crippen molar-refractivity contribution in [1.29, 1.82) is 0 Å². The van der Waals surface area contributed by atoms with Gasteiger partial charge in [0.05, 0.1) is 5.60 Å². The fourth-order valence-electron chi connectivity index (χ4n) is 2.37. The zero-order chi connectivity index (χ0) is 17.6. The van der Waals surface area contributed by atoms with Crippen LogP contribution >= 0.6 is 0 Å². The first kappa shape index (κ1) is 18.1. The van der Waals surface area contributed by atoms with Crippen LogP contribution in [0.3, 0.4) is 0 Å². The smallest absolute Gasteiger partial charge is 0.225 e. The number of carbonyl (C=O) groups is 1. The van der Waals surface area contributed by atoms with Crippen molar-refractivity contribution in [3.63, 3.8) is 0 Å². The highest BCUT2D eigenvalue weighted by molar-refractivity contribution is 5.91. The van der Waals surface area contributed by atoms with Gasteiger partial charge in [-0.15, -0.1) is 0 Å². The van der Waals surface area contributed by atoms with Crippen molar-refractivity contribution in [3.8, 4) is 0 Å². The van der Waals surface area contributed by atoms with E-state index >= 15 is 0 Å². The van der Waals surface area contributed by atoms with Gasteiger partial charge in [-0.05, 0) is 43.7 Å². The third-order valence-electron chi connectivity index (χ3n) is 3.81. The summed E-state index contributed by atoms with van der Waals surface area (Å²) in [6, 6.07) is 14.9. The molecule has 0 aliphatic heterocycles. The molecular weight excluding hydrogens is 307 g/mol. The van der Waals surface area contributed by atoms with Crippen LogP contribution < -0.4 is 10.6 Å². The Kier molecular flexibility index (Phi) is 6.06. The topological polar surface area (TPSA) is 61.4 Å². The summed E-state index contributed by atoms with van der Waals surface area (Å²) in [4.78, 5) is 12.0. The number of benzene rings is 2. The standard InChI is InChI=1S/C19H23FN2O2/c1-14(12-18(23)22-17-10-8-16(20)9-11-17)21-13-19(2,24)15-6-4-3-5-7-15/h3-11,14,21,24H,12-13H2,1-2H3,(H,22,23). The molecule has 0 aliphatic carbocycles. The van der Waals surface area contributed by atoms with Crippen LogP contribution in [0.4, 0.5) is 10.1 Å². The Morgan fingerprint density at radius 3 is 2.42 bits per heavy atom. The van der Waals surface area contributed by atoms with Gasteiger partial charge < -0.3 is 15.7 Å². The maximum absolute atomic E-state index is 12.8. The average molecular weight is 330 g/mol. The van der Waals surface area contributed by atoms with E-state index in [0.717, 1.165) is 5.56 Å². The van der Waals surface area contributed by atoms with Crippen molar-refractivity contribution in [1.82, 2.24) is 5.32 Å². The number of hydrogen-bond donors (Lipinski definition) is 3. The zero-order valence-electron chi connectivity index (χ0n) is 13.9. The molecule has 0 radical (unpaired) electrons. The molecule has 2 aromatic carbocycles. The van der Waals surface area contributed by atoms with Crippen LogP contribution in [0.15, 0.2) is 54.6 Å². The summed E-state index contributed by atoms with van der Waals surface area (Å²) in [6.07, 6.45) is 0.252. The molecule has 0 spiro atoms. The Bertz CT molecular complexity index is 657. The summed E-state index contributed by atoms with van der Waals surface area (Å²) in [7, 11) is 0. The van der Waals surface area contributed by atoms with Crippen molar-refractivity contribution in [2.45, 2.75) is 31.9 Å². The average Bonchev–Trinajstić information content (AvgIpc) is 2.56. The maximum Gasteiger partial charge on any atom is 0.225 e. The van der Waals surface area contributed by atoms with Gasteiger partial charge in [0.1, 0.15) is 5.82 Å².